The third-order valence-corrected chi connectivity index (χ3v) is 3.15. The first-order valence-corrected chi connectivity index (χ1v) is 4.90. The Balaban J connectivity index is 3.01. The van der Waals surface area contributed by atoms with Crippen LogP contribution in [0, 0.1) is 5.41 Å². The predicted octanol–water partition coefficient (Wildman–Crippen LogP) is 0.636. The molecule has 0 heterocycles. The Morgan fingerprint density at radius 2 is 2.07 bits per heavy atom. The third-order valence-electron chi connectivity index (χ3n) is 3.15. The first kappa shape index (κ1) is 11.2. The summed E-state index contributed by atoms with van der Waals surface area (Å²) in [6, 6.07) is -0.388. The lowest BCUT2D eigenvalue weighted by molar-refractivity contribution is -0.161. The molecule has 2 atom stereocenters. The van der Waals surface area contributed by atoms with E-state index in [0.717, 1.165) is 12.8 Å². The van der Waals surface area contributed by atoms with Gasteiger partial charge in [-0.3, -0.25) is 9.59 Å². The van der Waals surface area contributed by atoms with Gasteiger partial charge in [-0.2, -0.15) is 0 Å². The van der Waals surface area contributed by atoms with E-state index in [0.29, 0.717) is 12.8 Å². The van der Waals surface area contributed by atoms with E-state index in [1.165, 1.54) is 14.0 Å². The van der Waals surface area contributed by atoms with Gasteiger partial charge < -0.3 is 10.5 Å². The highest BCUT2D eigenvalue weighted by Gasteiger charge is 2.50. The number of methoxy groups -OCH3 is 1. The Morgan fingerprint density at radius 1 is 1.43 bits per heavy atom. The molecule has 14 heavy (non-hydrogen) atoms. The largest absolute Gasteiger partial charge is 0.468 e. The Hall–Kier alpha value is -0.900. The maximum atomic E-state index is 11.6. The van der Waals surface area contributed by atoms with Crippen LogP contribution >= 0.6 is 0 Å². The zero-order chi connectivity index (χ0) is 10.8. The minimum atomic E-state index is -1.08. The van der Waals surface area contributed by atoms with E-state index in [1.807, 2.05) is 0 Å². The lowest BCUT2D eigenvalue weighted by atomic mass is 9.68. The molecule has 4 nitrogen and oxygen atoms in total. The van der Waals surface area contributed by atoms with Crippen molar-refractivity contribution in [3.63, 3.8) is 0 Å². The minimum absolute atomic E-state index is 0.170. The monoisotopic (exact) mass is 199 g/mol. The average molecular weight is 199 g/mol. The van der Waals surface area contributed by atoms with Gasteiger partial charge >= 0.3 is 5.97 Å². The number of hydrogen-bond acceptors (Lipinski definition) is 4. The van der Waals surface area contributed by atoms with Gasteiger partial charge in [0.1, 0.15) is 11.2 Å². The first-order valence-electron chi connectivity index (χ1n) is 4.90. The van der Waals surface area contributed by atoms with Gasteiger partial charge in [-0.1, -0.05) is 12.8 Å². The molecule has 2 unspecified atom stereocenters. The highest BCUT2D eigenvalue weighted by Crippen LogP contribution is 2.37. The van der Waals surface area contributed by atoms with Crippen LogP contribution in [0.2, 0.25) is 0 Å². The number of esters is 1. The normalized spacial score (nSPS) is 32.4. The summed E-state index contributed by atoms with van der Waals surface area (Å²) in [5.41, 5.74) is 4.79. The van der Waals surface area contributed by atoms with Crippen molar-refractivity contribution >= 4 is 11.8 Å². The quantitative estimate of drug-likeness (QED) is 0.523. The molecule has 1 aliphatic rings. The van der Waals surface area contributed by atoms with E-state index in [9.17, 15) is 9.59 Å². The van der Waals surface area contributed by atoms with Gasteiger partial charge in [0, 0.05) is 6.04 Å². The molecular formula is C10H17NO3. The zero-order valence-corrected chi connectivity index (χ0v) is 8.71. The van der Waals surface area contributed by atoms with Gasteiger partial charge in [0.05, 0.1) is 7.11 Å². The number of hydrogen-bond donors (Lipinski definition) is 1. The smallest absolute Gasteiger partial charge is 0.320 e. The molecule has 1 rings (SSSR count). The van der Waals surface area contributed by atoms with Crippen LogP contribution in [0.25, 0.3) is 0 Å². The van der Waals surface area contributed by atoms with Crippen molar-refractivity contribution < 1.29 is 14.3 Å². The maximum absolute atomic E-state index is 11.6. The molecule has 1 aliphatic carbocycles. The van der Waals surface area contributed by atoms with Crippen molar-refractivity contribution in [3.05, 3.63) is 0 Å². The Labute approximate surface area is 83.8 Å². The van der Waals surface area contributed by atoms with E-state index >= 15 is 0 Å². The number of Topliss-reactive ketones (excluding diaryl/α,β-unsaturated/α-hetero) is 1. The predicted molar refractivity (Wildman–Crippen MR) is 51.6 cm³/mol. The Kier molecular flexibility index (Phi) is 3.26. The van der Waals surface area contributed by atoms with Crippen LogP contribution in [0.4, 0.5) is 0 Å². The molecule has 2 N–H and O–H groups in total. The van der Waals surface area contributed by atoms with Crippen molar-refractivity contribution in [1.82, 2.24) is 0 Å². The molecule has 0 amide bonds. The SMILES string of the molecule is COC(=O)C1(C(C)=O)CCCCC1N. The van der Waals surface area contributed by atoms with Crippen LogP contribution < -0.4 is 5.73 Å². The molecule has 1 saturated carbocycles. The number of ketones is 1. The van der Waals surface area contributed by atoms with Gasteiger partial charge in [0.2, 0.25) is 0 Å². The summed E-state index contributed by atoms with van der Waals surface area (Å²) in [6.07, 6.45) is 3.08. The summed E-state index contributed by atoms with van der Waals surface area (Å²) in [4.78, 5) is 23.2. The number of carbonyl (C=O) groups excluding carboxylic acids is 2. The Morgan fingerprint density at radius 3 is 2.50 bits per heavy atom. The molecular weight excluding hydrogens is 182 g/mol. The van der Waals surface area contributed by atoms with Crippen molar-refractivity contribution in [2.45, 2.75) is 38.6 Å². The molecule has 0 aromatic heterocycles. The molecule has 0 bridgehead atoms. The van der Waals surface area contributed by atoms with Crippen molar-refractivity contribution in [2.75, 3.05) is 7.11 Å². The fourth-order valence-corrected chi connectivity index (χ4v) is 2.22. The summed E-state index contributed by atoms with van der Waals surface area (Å²) in [6.45, 7) is 1.42. The van der Waals surface area contributed by atoms with Crippen LogP contribution in [-0.4, -0.2) is 24.9 Å². The molecule has 0 saturated heterocycles. The number of ether oxygens (including phenoxy) is 1. The summed E-state index contributed by atoms with van der Waals surface area (Å²) < 4.78 is 4.69. The zero-order valence-electron chi connectivity index (χ0n) is 8.71. The van der Waals surface area contributed by atoms with Crippen molar-refractivity contribution in [2.24, 2.45) is 11.1 Å². The molecule has 1 fully saturated rings. The van der Waals surface area contributed by atoms with E-state index in [1.54, 1.807) is 0 Å². The van der Waals surface area contributed by atoms with Gasteiger partial charge in [-0.15, -0.1) is 0 Å². The molecule has 0 radical (unpaired) electrons. The van der Waals surface area contributed by atoms with E-state index in [4.69, 9.17) is 5.73 Å². The topological polar surface area (TPSA) is 69.4 Å². The standard InChI is InChI=1S/C10H17NO3/c1-7(12)10(9(13)14-2)6-4-3-5-8(10)11/h8H,3-6,11H2,1-2H3. The van der Waals surface area contributed by atoms with Crippen LogP contribution in [0.15, 0.2) is 0 Å². The second-order valence-electron chi connectivity index (χ2n) is 3.87. The summed E-state index contributed by atoms with van der Waals surface area (Å²) in [5.74, 6) is -0.645. The lowest BCUT2D eigenvalue weighted by Gasteiger charge is -2.37. The van der Waals surface area contributed by atoms with Gasteiger partial charge in [0.25, 0.3) is 0 Å². The second kappa shape index (κ2) is 4.09. The Bertz CT molecular complexity index is 252. The van der Waals surface area contributed by atoms with Crippen LogP contribution in [0.1, 0.15) is 32.6 Å². The molecule has 0 aliphatic heterocycles. The molecule has 80 valence electrons. The van der Waals surface area contributed by atoms with Gasteiger partial charge in [-0.25, -0.2) is 0 Å². The summed E-state index contributed by atoms with van der Waals surface area (Å²) >= 11 is 0. The number of rotatable bonds is 2. The number of carbonyl (C=O) groups is 2. The van der Waals surface area contributed by atoms with Crippen LogP contribution in [0.5, 0.6) is 0 Å². The highest BCUT2D eigenvalue weighted by molar-refractivity contribution is 6.03. The fraction of sp³-hybridized carbons (Fsp3) is 0.800. The highest BCUT2D eigenvalue weighted by atomic mass is 16.5. The summed E-state index contributed by atoms with van der Waals surface area (Å²) in [7, 11) is 1.30. The number of nitrogens with two attached hydrogens (primary N) is 1. The second-order valence-corrected chi connectivity index (χ2v) is 3.87. The van der Waals surface area contributed by atoms with Crippen LogP contribution in [0.3, 0.4) is 0 Å². The van der Waals surface area contributed by atoms with E-state index < -0.39 is 11.4 Å². The van der Waals surface area contributed by atoms with Gasteiger partial charge in [-0.05, 0) is 19.8 Å². The van der Waals surface area contributed by atoms with E-state index in [2.05, 4.69) is 4.74 Å². The lowest BCUT2D eigenvalue weighted by Crippen LogP contribution is -2.54. The third kappa shape index (κ3) is 1.54. The molecule has 0 aromatic carbocycles. The van der Waals surface area contributed by atoms with Gasteiger partial charge in [0.15, 0.2) is 0 Å². The van der Waals surface area contributed by atoms with E-state index in [-0.39, 0.29) is 11.8 Å². The first-order chi connectivity index (χ1) is 6.55. The average Bonchev–Trinajstić information content (AvgIpc) is 2.17. The minimum Gasteiger partial charge on any atom is -0.468 e. The fourth-order valence-electron chi connectivity index (χ4n) is 2.22. The van der Waals surface area contributed by atoms with Crippen molar-refractivity contribution in [1.29, 1.82) is 0 Å². The van der Waals surface area contributed by atoms with Crippen molar-refractivity contribution in [3.8, 4) is 0 Å². The van der Waals surface area contributed by atoms with Crippen LogP contribution in [-0.2, 0) is 14.3 Å². The maximum Gasteiger partial charge on any atom is 0.320 e. The molecule has 0 spiro atoms. The molecule has 4 heteroatoms. The molecule has 0 aromatic rings. The summed E-state index contributed by atoms with van der Waals surface area (Å²) in [5, 5.41) is 0.